The molecule has 0 bridgehead atoms. The molecular weight excluding hydrogens is 236 g/mol. The van der Waals surface area contributed by atoms with Crippen molar-refractivity contribution in [2.45, 2.75) is 25.8 Å². The van der Waals surface area contributed by atoms with Crippen LogP contribution < -0.4 is 4.72 Å². The van der Waals surface area contributed by atoms with E-state index in [0.29, 0.717) is 6.42 Å². The molecule has 0 aromatic heterocycles. The number of rotatable bonds is 5. The average Bonchev–Trinajstić information content (AvgIpc) is 2.16. The zero-order chi connectivity index (χ0) is 13.1. The molecule has 0 unspecified atom stereocenters. The molecule has 0 aliphatic rings. The molecule has 96 valence electrons. The van der Waals surface area contributed by atoms with E-state index in [4.69, 9.17) is 0 Å². The summed E-state index contributed by atoms with van der Waals surface area (Å²) in [5, 5.41) is 0. The van der Waals surface area contributed by atoms with Gasteiger partial charge in [0.25, 0.3) is 10.2 Å². The first-order valence-electron chi connectivity index (χ1n) is 5.48. The third-order valence-corrected chi connectivity index (χ3v) is 4.15. The van der Waals surface area contributed by atoms with Gasteiger partial charge in [-0.15, -0.1) is 0 Å². The van der Waals surface area contributed by atoms with E-state index < -0.39 is 15.7 Å². The van der Waals surface area contributed by atoms with Gasteiger partial charge in [0.15, 0.2) is 0 Å². The highest BCUT2D eigenvalue weighted by Crippen LogP contribution is 2.14. The van der Waals surface area contributed by atoms with Crippen molar-refractivity contribution in [3.05, 3.63) is 35.9 Å². The van der Waals surface area contributed by atoms with Gasteiger partial charge in [-0.05, 0) is 25.8 Å². The summed E-state index contributed by atoms with van der Waals surface area (Å²) in [7, 11) is -0.363. The first kappa shape index (κ1) is 14.2. The molecule has 0 aliphatic heterocycles. The van der Waals surface area contributed by atoms with Crippen molar-refractivity contribution in [1.29, 1.82) is 0 Å². The van der Waals surface area contributed by atoms with Crippen LogP contribution >= 0.6 is 0 Å². The van der Waals surface area contributed by atoms with Crippen LogP contribution in [0.1, 0.15) is 19.4 Å². The minimum atomic E-state index is -3.39. The molecule has 0 saturated carbocycles. The first-order chi connectivity index (χ1) is 7.73. The molecule has 0 saturated heterocycles. The van der Waals surface area contributed by atoms with Crippen molar-refractivity contribution in [2.75, 3.05) is 14.1 Å². The van der Waals surface area contributed by atoms with Crippen LogP contribution in [0.5, 0.6) is 0 Å². The van der Waals surface area contributed by atoms with Gasteiger partial charge in [0, 0.05) is 19.6 Å². The van der Waals surface area contributed by atoms with E-state index in [1.54, 1.807) is 0 Å². The van der Waals surface area contributed by atoms with Crippen LogP contribution in [0, 0.1) is 0 Å². The van der Waals surface area contributed by atoms with Gasteiger partial charge >= 0.3 is 0 Å². The minimum absolute atomic E-state index is 0.509. The molecule has 1 rings (SSSR count). The van der Waals surface area contributed by atoms with Crippen molar-refractivity contribution in [2.24, 2.45) is 0 Å². The Morgan fingerprint density at radius 2 is 1.71 bits per heavy atom. The normalized spacial score (nSPS) is 13.0. The molecule has 1 aromatic carbocycles. The zero-order valence-corrected chi connectivity index (χ0v) is 11.6. The van der Waals surface area contributed by atoms with E-state index in [9.17, 15) is 8.42 Å². The molecule has 4 nitrogen and oxygen atoms in total. The van der Waals surface area contributed by atoms with Gasteiger partial charge in [-0.1, -0.05) is 30.3 Å². The summed E-state index contributed by atoms with van der Waals surface area (Å²) in [5.41, 5.74) is 0.601. The van der Waals surface area contributed by atoms with Gasteiger partial charge in [-0.3, -0.25) is 0 Å². The maximum Gasteiger partial charge on any atom is 0.279 e. The Bertz CT molecular complexity index is 453. The fourth-order valence-electron chi connectivity index (χ4n) is 1.58. The molecule has 0 heterocycles. The third-order valence-electron chi connectivity index (χ3n) is 2.37. The van der Waals surface area contributed by atoms with E-state index >= 15 is 0 Å². The molecule has 17 heavy (non-hydrogen) atoms. The number of hydrogen-bond donors (Lipinski definition) is 1. The standard InChI is InChI=1S/C12H20N2O2S/c1-12(2,13-17(15,16)14(3)4)10-11-8-6-5-7-9-11/h5-9,13H,10H2,1-4H3. The molecule has 0 fully saturated rings. The molecule has 0 spiro atoms. The predicted molar refractivity (Wildman–Crippen MR) is 70.0 cm³/mol. The van der Waals surface area contributed by atoms with Crippen LogP contribution in [-0.4, -0.2) is 32.4 Å². The molecule has 5 heteroatoms. The fraction of sp³-hybridized carbons (Fsp3) is 0.500. The van der Waals surface area contributed by atoms with Crippen molar-refractivity contribution in [1.82, 2.24) is 9.03 Å². The smallest absolute Gasteiger partial charge is 0.196 e. The van der Waals surface area contributed by atoms with Crippen molar-refractivity contribution < 1.29 is 8.42 Å². The quantitative estimate of drug-likeness (QED) is 0.866. The SMILES string of the molecule is CN(C)S(=O)(=O)NC(C)(C)Cc1ccccc1. The first-order valence-corrected chi connectivity index (χ1v) is 6.92. The Morgan fingerprint density at radius 1 is 1.18 bits per heavy atom. The lowest BCUT2D eigenvalue weighted by Gasteiger charge is -2.27. The van der Waals surface area contributed by atoms with Crippen LogP contribution in [-0.2, 0) is 16.6 Å². The largest absolute Gasteiger partial charge is 0.279 e. The van der Waals surface area contributed by atoms with Gasteiger partial charge in [0.1, 0.15) is 0 Å². The van der Waals surface area contributed by atoms with Crippen molar-refractivity contribution in [3.8, 4) is 0 Å². The maximum atomic E-state index is 11.8. The van der Waals surface area contributed by atoms with E-state index in [2.05, 4.69) is 4.72 Å². The van der Waals surface area contributed by atoms with E-state index in [0.717, 1.165) is 5.56 Å². The Balaban J connectivity index is 2.77. The average molecular weight is 256 g/mol. The Labute approximate surface area is 104 Å². The Hall–Kier alpha value is -0.910. The van der Waals surface area contributed by atoms with Crippen LogP contribution in [0.4, 0.5) is 0 Å². The van der Waals surface area contributed by atoms with Crippen molar-refractivity contribution >= 4 is 10.2 Å². The number of nitrogens with one attached hydrogen (secondary N) is 1. The third kappa shape index (κ3) is 4.46. The number of hydrogen-bond acceptors (Lipinski definition) is 2. The summed E-state index contributed by atoms with van der Waals surface area (Å²) < 4.78 is 27.4. The summed E-state index contributed by atoms with van der Waals surface area (Å²) >= 11 is 0. The van der Waals surface area contributed by atoms with Crippen molar-refractivity contribution in [3.63, 3.8) is 0 Å². The molecule has 0 amide bonds. The molecule has 0 atom stereocenters. The van der Waals surface area contributed by atoms with E-state index in [1.807, 2.05) is 44.2 Å². The molecule has 1 N–H and O–H groups in total. The number of nitrogens with zero attached hydrogens (tertiary/aromatic N) is 1. The second-order valence-corrected chi connectivity index (χ2v) is 6.82. The lowest BCUT2D eigenvalue weighted by atomic mass is 9.96. The number of benzene rings is 1. The highest BCUT2D eigenvalue weighted by atomic mass is 32.2. The fourth-order valence-corrected chi connectivity index (χ4v) is 2.54. The highest BCUT2D eigenvalue weighted by Gasteiger charge is 2.26. The van der Waals surface area contributed by atoms with Crippen LogP contribution in [0.3, 0.4) is 0 Å². The lowest BCUT2D eigenvalue weighted by Crippen LogP contribution is -2.49. The Morgan fingerprint density at radius 3 is 2.18 bits per heavy atom. The summed E-state index contributed by atoms with van der Waals surface area (Å²) in [6, 6.07) is 9.83. The van der Waals surface area contributed by atoms with Gasteiger partial charge in [-0.2, -0.15) is 17.4 Å². The van der Waals surface area contributed by atoms with E-state index in [-0.39, 0.29) is 0 Å². The minimum Gasteiger partial charge on any atom is -0.196 e. The van der Waals surface area contributed by atoms with Gasteiger partial charge < -0.3 is 0 Å². The second-order valence-electron chi connectivity index (χ2n) is 4.94. The summed E-state index contributed by atoms with van der Waals surface area (Å²) in [5.74, 6) is 0. The molecule has 0 radical (unpaired) electrons. The van der Waals surface area contributed by atoms with Gasteiger partial charge in [-0.25, -0.2) is 0 Å². The predicted octanol–water partition coefficient (Wildman–Crippen LogP) is 1.40. The monoisotopic (exact) mass is 256 g/mol. The van der Waals surface area contributed by atoms with Crippen LogP contribution in [0.25, 0.3) is 0 Å². The summed E-state index contributed by atoms with van der Waals surface area (Å²) in [6.07, 6.45) is 0.654. The summed E-state index contributed by atoms with van der Waals surface area (Å²) in [4.78, 5) is 0. The molecular formula is C12H20N2O2S. The van der Waals surface area contributed by atoms with Gasteiger partial charge in [0.05, 0.1) is 0 Å². The molecule has 0 aliphatic carbocycles. The summed E-state index contributed by atoms with van der Waals surface area (Å²) in [6.45, 7) is 3.75. The second kappa shape index (κ2) is 5.16. The maximum absolute atomic E-state index is 11.8. The van der Waals surface area contributed by atoms with E-state index in [1.165, 1.54) is 18.4 Å². The zero-order valence-electron chi connectivity index (χ0n) is 10.8. The van der Waals surface area contributed by atoms with Crippen LogP contribution in [0.15, 0.2) is 30.3 Å². The highest BCUT2D eigenvalue weighted by molar-refractivity contribution is 7.87. The topological polar surface area (TPSA) is 49.4 Å². The Kier molecular flexibility index (Phi) is 4.30. The lowest BCUT2D eigenvalue weighted by molar-refractivity contribution is 0.423. The van der Waals surface area contributed by atoms with Crippen LogP contribution in [0.2, 0.25) is 0 Å². The molecule has 1 aromatic rings. The van der Waals surface area contributed by atoms with Gasteiger partial charge in [0.2, 0.25) is 0 Å².